The van der Waals surface area contributed by atoms with Crippen molar-refractivity contribution in [2.75, 3.05) is 18.4 Å². The summed E-state index contributed by atoms with van der Waals surface area (Å²) < 4.78 is 0. The molecular weight excluding hydrogens is 362 g/mol. The Hall–Kier alpha value is -2.99. The summed E-state index contributed by atoms with van der Waals surface area (Å²) in [5.74, 6) is 1.21. The second-order valence-electron chi connectivity index (χ2n) is 7.62. The van der Waals surface area contributed by atoms with Gasteiger partial charge in [0.15, 0.2) is 0 Å². The molecule has 6 nitrogen and oxygen atoms in total. The third-order valence-electron chi connectivity index (χ3n) is 4.92. The number of fused-ring (bicyclic) bond motifs is 1. The largest absolute Gasteiger partial charge is 0.351 e. The lowest BCUT2D eigenvalue weighted by Crippen LogP contribution is -2.42. The molecule has 0 bridgehead atoms. The Balaban J connectivity index is 1.67. The lowest BCUT2D eigenvalue weighted by atomic mass is 10.1. The molecule has 0 spiro atoms. The van der Waals surface area contributed by atoms with E-state index in [-0.39, 0.29) is 5.91 Å². The quantitative estimate of drug-likeness (QED) is 0.602. The normalized spacial score (nSPS) is 11.4. The molecular formula is C23H29N5O. The van der Waals surface area contributed by atoms with E-state index in [1.165, 1.54) is 0 Å². The van der Waals surface area contributed by atoms with Crippen LogP contribution in [0.15, 0.2) is 54.9 Å². The number of carbonyl (C=O) groups is 1. The van der Waals surface area contributed by atoms with Crippen LogP contribution in [0.1, 0.15) is 38.1 Å². The second kappa shape index (κ2) is 9.47. The third-order valence-corrected chi connectivity index (χ3v) is 4.92. The van der Waals surface area contributed by atoms with Crippen molar-refractivity contribution in [3.05, 3.63) is 60.4 Å². The Bertz CT molecular complexity index is 957. The Labute approximate surface area is 172 Å². The molecule has 1 amide bonds. The molecule has 0 saturated heterocycles. The van der Waals surface area contributed by atoms with E-state index in [0.717, 1.165) is 23.1 Å². The van der Waals surface area contributed by atoms with Crippen LogP contribution in [0.25, 0.3) is 10.8 Å². The van der Waals surface area contributed by atoms with Gasteiger partial charge in [-0.25, -0.2) is 9.97 Å². The van der Waals surface area contributed by atoms with Gasteiger partial charge in [0, 0.05) is 48.5 Å². The number of pyridine rings is 2. The van der Waals surface area contributed by atoms with Crippen LogP contribution in [0.5, 0.6) is 0 Å². The number of carbonyl (C=O) groups excluding carboxylic acids is 1. The van der Waals surface area contributed by atoms with E-state index in [1.54, 1.807) is 24.5 Å². The van der Waals surface area contributed by atoms with E-state index >= 15 is 0 Å². The maximum Gasteiger partial charge on any atom is 0.251 e. The van der Waals surface area contributed by atoms with Crippen LogP contribution < -0.4 is 10.6 Å². The molecule has 6 heteroatoms. The maximum absolute atomic E-state index is 12.6. The lowest BCUT2D eigenvalue weighted by molar-refractivity contribution is 0.0939. The molecule has 0 aliphatic heterocycles. The van der Waals surface area contributed by atoms with Crippen LogP contribution in [0.3, 0.4) is 0 Å². The third kappa shape index (κ3) is 5.29. The smallest absolute Gasteiger partial charge is 0.251 e. The van der Waals surface area contributed by atoms with Gasteiger partial charge in [0.25, 0.3) is 5.91 Å². The van der Waals surface area contributed by atoms with Gasteiger partial charge in [-0.2, -0.15) is 0 Å². The molecule has 0 saturated carbocycles. The zero-order valence-electron chi connectivity index (χ0n) is 17.5. The fraction of sp³-hybridized carbons (Fsp3) is 0.348. The fourth-order valence-electron chi connectivity index (χ4n) is 3.49. The number of aromatic nitrogens is 2. The minimum absolute atomic E-state index is 0.103. The van der Waals surface area contributed by atoms with Crippen LogP contribution in [-0.4, -0.2) is 45.9 Å². The Kier molecular flexibility index (Phi) is 6.77. The Morgan fingerprint density at radius 3 is 2.48 bits per heavy atom. The molecule has 0 atom stereocenters. The van der Waals surface area contributed by atoms with Gasteiger partial charge in [0.05, 0.1) is 0 Å². The summed E-state index contributed by atoms with van der Waals surface area (Å²) in [5.41, 5.74) is 0.573. The minimum Gasteiger partial charge on any atom is -0.351 e. The Morgan fingerprint density at radius 1 is 1.00 bits per heavy atom. The number of nitrogens with zero attached hydrogens (tertiary/aromatic N) is 3. The van der Waals surface area contributed by atoms with Crippen LogP contribution in [0.2, 0.25) is 0 Å². The topological polar surface area (TPSA) is 70.2 Å². The van der Waals surface area contributed by atoms with Gasteiger partial charge in [0.1, 0.15) is 11.6 Å². The number of nitrogens with one attached hydrogen (secondary N) is 2. The van der Waals surface area contributed by atoms with E-state index in [2.05, 4.69) is 53.2 Å². The molecule has 0 aliphatic rings. The summed E-state index contributed by atoms with van der Waals surface area (Å²) in [6.07, 6.45) is 3.40. The average Bonchev–Trinajstić information content (AvgIpc) is 2.71. The first-order chi connectivity index (χ1) is 14.0. The molecule has 2 aromatic heterocycles. The minimum atomic E-state index is -0.103. The monoisotopic (exact) mass is 391 g/mol. The highest BCUT2D eigenvalue weighted by Crippen LogP contribution is 2.23. The summed E-state index contributed by atoms with van der Waals surface area (Å²) in [5, 5.41) is 8.35. The van der Waals surface area contributed by atoms with Crippen molar-refractivity contribution in [1.82, 2.24) is 20.2 Å². The first kappa shape index (κ1) is 20.7. The molecule has 3 rings (SSSR count). The number of rotatable bonds is 8. The summed E-state index contributed by atoms with van der Waals surface area (Å²) in [7, 11) is 0. The summed E-state index contributed by atoms with van der Waals surface area (Å²) in [4.78, 5) is 23.7. The van der Waals surface area contributed by atoms with Crippen molar-refractivity contribution in [2.45, 2.75) is 39.8 Å². The van der Waals surface area contributed by atoms with Gasteiger partial charge in [0.2, 0.25) is 0 Å². The predicted molar refractivity (Wildman–Crippen MR) is 119 cm³/mol. The molecule has 2 N–H and O–H groups in total. The highest BCUT2D eigenvalue weighted by atomic mass is 16.1. The van der Waals surface area contributed by atoms with Crippen molar-refractivity contribution in [1.29, 1.82) is 0 Å². The van der Waals surface area contributed by atoms with Gasteiger partial charge in [-0.15, -0.1) is 0 Å². The highest BCUT2D eigenvalue weighted by molar-refractivity contribution is 5.96. The van der Waals surface area contributed by atoms with Crippen molar-refractivity contribution in [3.63, 3.8) is 0 Å². The van der Waals surface area contributed by atoms with Crippen molar-refractivity contribution < 1.29 is 4.79 Å². The molecule has 1 aromatic carbocycles. The van der Waals surface area contributed by atoms with Gasteiger partial charge in [-0.3, -0.25) is 9.69 Å². The number of anilines is 2. The SMILES string of the molecule is CC(C)N(CCNC(=O)c1ccnc(Nc2nccc3ccccc23)c1)C(C)C. The first-order valence-electron chi connectivity index (χ1n) is 10.1. The van der Waals surface area contributed by atoms with Crippen molar-refractivity contribution in [2.24, 2.45) is 0 Å². The zero-order chi connectivity index (χ0) is 20.8. The molecule has 0 aliphatic carbocycles. The van der Waals surface area contributed by atoms with E-state index in [9.17, 15) is 4.79 Å². The average molecular weight is 392 g/mol. The summed E-state index contributed by atoms with van der Waals surface area (Å²) in [6, 6.07) is 14.3. The number of hydrogen-bond donors (Lipinski definition) is 2. The van der Waals surface area contributed by atoms with Crippen molar-refractivity contribution >= 4 is 28.3 Å². The first-order valence-corrected chi connectivity index (χ1v) is 10.1. The number of benzene rings is 1. The lowest BCUT2D eigenvalue weighted by Gasteiger charge is -2.30. The molecule has 0 fully saturated rings. The molecule has 2 heterocycles. The fourth-order valence-corrected chi connectivity index (χ4v) is 3.49. The van der Waals surface area contributed by atoms with Crippen LogP contribution in [0, 0.1) is 0 Å². The van der Waals surface area contributed by atoms with Gasteiger partial charge in [-0.1, -0.05) is 24.3 Å². The molecule has 29 heavy (non-hydrogen) atoms. The van der Waals surface area contributed by atoms with E-state index in [0.29, 0.717) is 30.0 Å². The van der Waals surface area contributed by atoms with Crippen LogP contribution >= 0.6 is 0 Å². The Morgan fingerprint density at radius 2 is 1.72 bits per heavy atom. The van der Waals surface area contributed by atoms with E-state index < -0.39 is 0 Å². The maximum atomic E-state index is 12.6. The molecule has 3 aromatic rings. The number of hydrogen-bond acceptors (Lipinski definition) is 5. The van der Waals surface area contributed by atoms with Crippen LogP contribution in [-0.2, 0) is 0 Å². The number of amides is 1. The molecule has 0 radical (unpaired) electrons. The van der Waals surface area contributed by atoms with Gasteiger partial charge >= 0.3 is 0 Å². The van der Waals surface area contributed by atoms with Gasteiger partial charge in [-0.05, 0) is 51.3 Å². The summed E-state index contributed by atoms with van der Waals surface area (Å²) >= 11 is 0. The standard InChI is InChI=1S/C23H29N5O/c1-16(2)28(17(3)4)14-13-26-23(29)19-10-11-24-21(15-19)27-22-20-8-6-5-7-18(20)9-12-25-22/h5-12,15-17H,13-14H2,1-4H3,(H,26,29)(H,24,25,27). The zero-order valence-corrected chi connectivity index (χ0v) is 17.5. The van der Waals surface area contributed by atoms with Gasteiger partial charge < -0.3 is 10.6 Å². The molecule has 0 unspecified atom stereocenters. The predicted octanol–water partition coefficient (Wildman–Crippen LogP) is 4.22. The second-order valence-corrected chi connectivity index (χ2v) is 7.62. The van der Waals surface area contributed by atoms with Crippen molar-refractivity contribution in [3.8, 4) is 0 Å². The van der Waals surface area contributed by atoms with E-state index in [4.69, 9.17) is 0 Å². The molecule has 152 valence electrons. The summed E-state index contributed by atoms with van der Waals surface area (Å²) in [6.45, 7) is 10.1. The van der Waals surface area contributed by atoms with Crippen LogP contribution in [0.4, 0.5) is 11.6 Å². The van der Waals surface area contributed by atoms with E-state index in [1.807, 2.05) is 30.3 Å². The highest BCUT2D eigenvalue weighted by Gasteiger charge is 2.14.